The molecule has 0 radical (unpaired) electrons. The Kier molecular flexibility index (Phi) is 4.64. The number of hydrogen-bond donors (Lipinski definition) is 1. The summed E-state index contributed by atoms with van der Waals surface area (Å²) in [6, 6.07) is 0. The number of halogens is 2. The third-order valence-corrected chi connectivity index (χ3v) is 7.58. The van der Waals surface area contributed by atoms with Gasteiger partial charge < -0.3 is 14.4 Å². The molecule has 0 spiro atoms. The summed E-state index contributed by atoms with van der Waals surface area (Å²) in [5.74, 6) is 0.557. The number of fused-ring (bicyclic) bond motifs is 3. The fourth-order valence-corrected chi connectivity index (χ4v) is 5.42. The Labute approximate surface area is 178 Å². The Hall–Kier alpha value is -1.63. The van der Waals surface area contributed by atoms with Gasteiger partial charge in [0.15, 0.2) is 0 Å². The van der Waals surface area contributed by atoms with Crippen LogP contribution in [0.15, 0.2) is 16.9 Å². The number of carboxylic acid groups (broad SMARTS) is 1. The van der Waals surface area contributed by atoms with E-state index in [2.05, 4.69) is 10.1 Å². The fraction of sp³-hybridized carbons (Fsp3) is 0.571. The molecule has 2 bridgehead atoms. The summed E-state index contributed by atoms with van der Waals surface area (Å²) in [4.78, 5) is 15.7. The quantitative estimate of drug-likeness (QED) is 0.632. The lowest BCUT2D eigenvalue weighted by molar-refractivity contribution is -0.175. The van der Waals surface area contributed by atoms with Crippen molar-refractivity contribution in [2.75, 3.05) is 0 Å². The predicted octanol–water partition coefficient (Wildman–Crippen LogP) is 5.62. The molecule has 0 saturated heterocycles. The average Bonchev–Trinajstić information content (AvgIpc) is 3.48. The Morgan fingerprint density at radius 3 is 2.31 bits per heavy atom. The Morgan fingerprint density at radius 2 is 1.76 bits per heavy atom. The van der Waals surface area contributed by atoms with Crippen LogP contribution in [0.3, 0.4) is 0 Å². The average molecular weight is 437 g/mol. The van der Waals surface area contributed by atoms with Crippen LogP contribution in [0, 0.1) is 5.41 Å². The first-order chi connectivity index (χ1) is 13.9. The third-order valence-electron chi connectivity index (χ3n) is 7.01. The maximum absolute atomic E-state index is 11.7. The molecule has 1 N–H and O–H groups in total. The Bertz CT molecular complexity index is 925. The lowest BCUT2D eigenvalue weighted by atomic mass is 9.58. The largest absolute Gasteiger partial charge is 0.481 e. The molecule has 6 nitrogen and oxygen atoms in total. The molecule has 4 aliphatic rings. The minimum absolute atomic E-state index is 0.265. The fourth-order valence-electron chi connectivity index (χ4n) is 4.88. The van der Waals surface area contributed by atoms with Gasteiger partial charge in [-0.25, -0.2) is 0 Å². The molecular weight excluding hydrogens is 415 g/mol. The molecule has 0 atom stereocenters. The SMILES string of the molecule is O=C(O)C12CCC(OCc3c(-c4c(Cl)cncc4Cl)noc3C3CC3)(CC1)CC2. The highest BCUT2D eigenvalue weighted by Crippen LogP contribution is 2.55. The molecule has 0 aromatic carbocycles. The van der Waals surface area contributed by atoms with Crippen LogP contribution < -0.4 is 0 Å². The number of carbonyl (C=O) groups is 1. The van der Waals surface area contributed by atoms with Gasteiger partial charge in [-0.1, -0.05) is 28.4 Å². The van der Waals surface area contributed by atoms with Crippen LogP contribution in [-0.4, -0.2) is 26.8 Å². The molecule has 154 valence electrons. The zero-order chi connectivity index (χ0) is 20.2. The summed E-state index contributed by atoms with van der Waals surface area (Å²) < 4.78 is 12.2. The van der Waals surface area contributed by atoms with Crippen molar-refractivity contribution in [1.82, 2.24) is 10.1 Å². The van der Waals surface area contributed by atoms with E-state index in [-0.39, 0.29) is 5.60 Å². The number of rotatable bonds is 6. The van der Waals surface area contributed by atoms with Crippen molar-refractivity contribution in [2.24, 2.45) is 5.41 Å². The Morgan fingerprint density at radius 1 is 1.14 bits per heavy atom. The molecule has 4 fully saturated rings. The molecular formula is C21H22Cl2N2O4. The standard InChI is InChI=1S/C21H22Cl2N2O4/c22-14-9-24-10-15(23)16(14)17-13(18(29-25-17)12-1-2-12)11-28-21-6-3-20(4-7-21,5-8-21)19(26)27/h9-10,12H,1-8,11H2,(H,26,27). The maximum Gasteiger partial charge on any atom is 0.309 e. The smallest absolute Gasteiger partial charge is 0.309 e. The molecule has 6 rings (SSSR count). The number of aliphatic carboxylic acids is 1. The van der Waals surface area contributed by atoms with Gasteiger partial charge in [0, 0.05) is 29.4 Å². The second-order valence-electron chi connectivity index (χ2n) is 8.68. The zero-order valence-electron chi connectivity index (χ0n) is 15.9. The highest BCUT2D eigenvalue weighted by atomic mass is 35.5. The second kappa shape index (κ2) is 6.96. The summed E-state index contributed by atoms with van der Waals surface area (Å²) in [6.45, 7) is 0.361. The van der Waals surface area contributed by atoms with Crippen molar-refractivity contribution in [3.8, 4) is 11.3 Å². The van der Waals surface area contributed by atoms with Crippen LogP contribution in [0.1, 0.15) is 68.6 Å². The van der Waals surface area contributed by atoms with Crippen molar-refractivity contribution in [1.29, 1.82) is 0 Å². The van der Waals surface area contributed by atoms with Gasteiger partial charge in [-0.3, -0.25) is 9.78 Å². The van der Waals surface area contributed by atoms with Gasteiger partial charge in [0.2, 0.25) is 0 Å². The summed E-state index contributed by atoms with van der Waals surface area (Å²) in [6.07, 6.45) is 9.59. The van der Waals surface area contributed by atoms with Crippen molar-refractivity contribution < 1.29 is 19.2 Å². The van der Waals surface area contributed by atoms with Crippen LogP contribution in [-0.2, 0) is 16.1 Å². The topological polar surface area (TPSA) is 85.5 Å². The number of pyridine rings is 1. The maximum atomic E-state index is 11.7. The van der Waals surface area contributed by atoms with Gasteiger partial charge in [-0.15, -0.1) is 0 Å². The van der Waals surface area contributed by atoms with E-state index in [0.717, 1.165) is 43.4 Å². The summed E-state index contributed by atoms with van der Waals surface area (Å²) in [5.41, 5.74) is 1.32. The first kappa shape index (κ1) is 19.3. The minimum Gasteiger partial charge on any atom is -0.481 e. The van der Waals surface area contributed by atoms with E-state index >= 15 is 0 Å². The van der Waals surface area contributed by atoms with Gasteiger partial charge in [-0.2, -0.15) is 0 Å². The van der Waals surface area contributed by atoms with Gasteiger partial charge in [0.05, 0.1) is 27.7 Å². The Balaban J connectivity index is 1.42. The first-order valence-electron chi connectivity index (χ1n) is 10.1. The van der Waals surface area contributed by atoms with E-state index in [1.807, 2.05) is 0 Å². The van der Waals surface area contributed by atoms with Crippen molar-refractivity contribution in [2.45, 2.75) is 69.5 Å². The van der Waals surface area contributed by atoms with Gasteiger partial charge in [-0.05, 0) is 51.4 Å². The van der Waals surface area contributed by atoms with E-state index in [4.69, 9.17) is 32.5 Å². The van der Waals surface area contributed by atoms with Crippen LogP contribution in [0.25, 0.3) is 11.3 Å². The third kappa shape index (κ3) is 3.25. The number of aromatic nitrogens is 2. The molecule has 0 aliphatic heterocycles. The predicted molar refractivity (Wildman–Crippen MR) is 107 cm³/mol. The number of hydrogen-bond acceptors (Lipinski definition) is 5. The highest BCUT2D eigenvalue weighted by molar-refractivity contribution is 6.38. The van der Waals surface area contributed by atoms with E-state index in [1.54, 1.807) is 12.4 Å². The minimum atomic E-state index is -0.662. The summed E-state index contributed by atoms with van der Waals surface area (Å²) in [7, 11) is 0. The van der Waals surface area contributed by atoms with Crippen molar-refractivity contribution in [3.63, 3.8) is 0 Å². The molecule has 29 heavy (non-hydrogen) atoms. The van der Waals surface area contributed by atoms with Crippen LogP contribution in [0.5, 0.6) is 0 Å². The van der Waals surface area contributed by atoms with Gasteiger partial charge in [0.25, 0.3) is 0 Å². The highest BCUT2D eigenvalue weighted by Gasteiger charge is 2.53. The summed E-state index contributed by atoms with van der Waals surface area (Å²) >= 11 is 12.7. The molecule has 2 aromatic rings. The van der Waals surface area contributed by atoms with Crippen LogP contribution in [0.4, 0.5) is 0 Å². The number of nitrogens with zero attached hydrogens (tertiary/aromatic N) is 2. The molecule has 4 aliphatic carbocycles. The van der Waals surface area contributed by atoms with Gasteiger partial charge in [0.1, 0.15) is 11.5 Å². The molecule has 8 heteroatoms. The lowest BCUT2D eigenvalue weighted by Crippen LogP contribution is -2.50. The first-order valence-corrected chi connectivity index (χ1v) is 10.8. The van der Waals surface area contributed by atoms with E-state index in [0.29, 0.717) is 53.1 Å². The van der Waals surface area contributed by atoms with E-state index < -0.39 is 11.4 Å². The number of ether oxygens (including phenoxy) is 1. The van der Waals surface area contributed by atoms with Crippen molar-refractivity contribution in [3.05, 3.63) is 33.8 Å². The van der Waals surface area contributed by atoms with E-state index in [1.165, 1.54) is 0 Å². The molecule has 2 aromatic heterocycles. The zero-order valence-corrected chi connectivity index (χ0v) is 17.4. The number of carboxylic acids is 1. The normalized spacial score (nSPS) is 28.6. The van der Waals surface area contributed by atoms with E-state index in [9.17, 15) is 9.90 Å². The second-order valence-corrected chi connectivity index (χ2v) is 9.50. The molecule has 0 unspecified atom stereocenters. The molecule has 0 amide bonds. The van der Waals surface area contributed by atoms with Crippen LogP contribution >= 0.6 is 23.2 Å². The molecule has 4 saturated carbocycles. The van der Waals surface area contributed by atoms with Crippen molar-refractivity contribution >= 4 is 29.2 Å². The lowest BCUT2D eigenvalue weighted by Gasteiger charge is -2.50. The van der Waals surface area contributed by atoms with Gasteiger partial charge >= 0.3 is 5.97 Å². The van der Waals surface area contributed by atoms with Crippen LogP contribution in [0.2, 0.25) is 10.0 Å². The monoisotopic (exact) mass is 436 g/mol. The summed E-state index contributed by atoms with van der Waals surface area (Å²) in [5, 5.41) is 14.8. The molecule has 2 heterocycles.